The first-order valence-corrected chi connectivity index (χ1v) is 6.78. The highest BCUT2D eigenvalue weighted by Crippen LogP contribution is 2.19. The fraction of sp³-hybridized carbons (Fsp3) is 0.375. The van der Waals surface area contributed by atoms with Crippen LogP contribution in [0.1, 0.15) is 30.9 Å². The van der Waals surface area contributed by atoms with Crippen LogP contribution in [0.4, 0.5) is 0 Å². The molecule has 1 atom stereocenters. The highest BCUT2D eigenvalue weighted by Gasteiger charge is 2.06. The van der Waals surface area contributed by atoms with Gasteiger partial charge in [0.1, 0.15) is 5.82 Å². The second-order valence-electron chi connectivity index (χ2n) is 5.04. The van der Waals surface area contributed by atoms with Crippen LogP contribution in [-0.4, -0.2) is 16.0 Å². The first kappa shape index (κ1) is 13.7. The third-order valence-electron chi connectivity index (χ3n) is 3.06. The molecular formula is C16H21N3. The molecule has 0 aliphatic heterocycles. The number of nitrogens with zero attached hydrogens (tertiary/aromatic N) is 2. The maximum atomic E-state index is 5.82. The molecule has 2 N–H and O–H groups in total. The minimum absolute atomic E-state index is 0.0807. The normalized spacial score (nSPS) is 12.4. The summed E-state index contributed by atoms with van der Waals surface area (Å²) in [7, 11) is 0. The molecule has 0 saturated heterocycles. The number of hydrogen-bond donors (Lipinski definition) is 1. The van der Waals surface area contributed by atoms with Gasteiger partial charge < -0.3 is 5.73 Å². The fourth-order valence-electron chi connectivity index (χ4n) is 2.07. The van der Waals surface area contributed by atoms with Crippen LogP contribution in [0.15, 0.2) is 30.3 Å². The van der Waals surface area contributed by atoms with E-state index in [0.29, 0.717) is 6.42 Å². The zero-order valence-electron chi connectivity index (χ0n) is 11.9. The van der Waals surface area contributed by atoms with Crippen molar-refractivity contribution in [2.24, 2.45) is 5.73 Å². The van der Waals surface area contributed by atoms with Crippen LogP contribution < -0.4 is 5.73 Å². The van der Waals surface area contributed by atoms with Gasteiger partial charge in [0.25, 0.3) is 0 Å². The molecule has 3 heteroatoms. The zero-order valence-corrected chi connectivity index (χ0v) is 11.9. The molecule has 3 nitrogen and oxygen atoms in total. The van der Waals surface area contributed by atoms with Gasteiger partial charge in [0, 0.05) is 23.7 Å². The Morgan fingerprint density at radius 3 is 2.42 bits per heavy atom. The number of aromatic nitrogens is 2. The van der Waals surface area contributed by atoms with Crippen LogP contribution in [0.3, 0.4) is 0 Å². The summed E-state index contributed by atoms with van der Waals surface area (Å²) in [4.78, 5) is 9.05. The number of rotatable bonds is 4. The van der Waals surface area contributed by atoms with Crippen molar-refractivity contribution in [3.05, 3.63) is 47.4 Å². The van der Waals surface area contributed by atoms with E-state index in [4.69, 9.17) is 5.73 Å². The predicted octanol–water partition coefficient (Wildman–Crippen LogP) is 2.90. The fourth-order valence-corrected chi connectivity index (χ4v) is 2.07. The Labute approximate surface area is 114 Å². The molecule has 1 heterocycles. The summed E-state index contributed by atoms with van der Waals surface area (Å²) in [6.07, 6.45) is 1.76. The molecule has 0 spiro atoms. The van der Waals surface area contributed by atoms with Gasteiger partial charge in [-0.05, 0) is 31.9 Å². The van der Waals surface area contributed by atoms with Crippen LogP contribution in [0.25, 0.3) is 11.3 Å². The SMILES string of the molecule is CCc1ccc(-c2cc(C)nc(CC(C)N)n2)cc1. The summed E-state index contributed by atoms with van der Waals surface area (Å²) in [5.41, 5.74) is 10.3. The second-order valence-corrected chi connectivity index (χ2v) is 5.04. The van der Waals surface area contributed by atoms with Crippen LogP contribution in [0.5, 0.6) is 0 Å². The number of benzene rings is 1. The van der Waals surface area contributed by atoms with E-state index in [0.717, 1.165) is 29.2 Å². The number of hydrogen-bond acceptors (Lipinski definition) is 3. The second kappa shape index (κ2) is 5.93. The third kappa shape index (κ3) is 3.61. The van der Waals surface area contributed by atoms with Gasteiger partial charge in [0.05, 0.1) is 5.69 Å². The third-order valence-corrected chi connectivity index (χ3v) is 3.06. The Morgan fingerprint density at radius 1 is 1.16 bits per heavy atom. The van der Waals surface area contributed by atoms with Gasteiger partial charge in [-0.1, -0.05) is 31.2 Å². The van der Waals surface area contributed by atoms with E-state index >= 15 is 0 Å². The molecule has 2 rings (SSSR count). The van der Waals surface area contributed by atoms with E-state index in [1.807, 2.05) is 19.9 Å². The lowest BCUT2D eigenvalue weighted by molar-refractivity contribution is 0.700. The summed E-state index contributed by atoms with van der Waals surface area (Å²) in [5, 5.41) is 0. The Morgan fingerprint density at radius 2 is 1.84 bits per heavy atom. The van der Waals surface area contributed by atoms with Gasteiger partial charge in [0.2, 0.25) is 0 Å². The van der Waals surface area contributed by atoms with E-state index in [-0.39, 0.29) is 6.04 Å². The highest BCUT2D eigenvalue weighted by molar-refractivity contribution is 5.59. The molecule has 0 aliphatic carbocycles. The van der Waals surface area contributed by atoms with Gasteiger partial charge in [-0.2, -0.15) is 0 Å². The van der Waals surface area contributed by atoms with Gasteiger partial charge in [-0.3, -0.25) is 0 Å². The molecule has 0 fully saturated rings. The van der Waals surface area contributed by atoms with Gasteiger partial charge in [-0.15, -0.1) is 0 Å². The zero-order chi connectivity index (χ0) is 13.8. The molecule has 0 radical (unpaired) electrons. The molecule has 0 amide bonds. The van der Waals surface area contributed by atoms with Gasteiger partial charge in [-0.25, -0.2) is 9.97 Å². The molecule has 100 valence electrons. The number of nitrogens with two attached hydrogens (primary N) is 1. The summed E-state index contributed by atoms with van der Waals surface area (Å²) < 4.78 is 0. The van der Waals surface area contributed by atoms with Crippen molar-refractivity contribution in [1.82, 2.24) is 9.97 Å². The highest BCUT2D eigenvalue weighted by atomic mass is 14.9. The summed E-state index contributed by atoms with van der Waals surface area (Å²) >= 11 is 0. The lowest BCUT2D eigenvalue weighted by Crippen LogP contribution is -2.19. The van der Waals surface area contributed by atoms with Gasteiger partial charge in [0.15, 0.2) is 0 Å². The van der Waals surface area contributed by atoms with Crippen LogP contribution >= 0.6 is 0 Å². The van der Waals surface area contributed by atoms with Gasteiger partial charge >= 0.3 is 0 Å². The first-order valence-electron chi connectivity index (χ1n) is 6.78. The van der Waals surface area contributed by atoms with Crippen molar-refractivity contribution >= 4 is 0 Å². The molecule has 2 aromatic rings. The van der Waals surface area contributed by atoms with Crippen LogP contribution in [0.2, 0.25) is 0 Å². The number of aryl methyl sites for hydroxylation is 2. The molecule has 1 aromatic carbocycles. The average Bonchev–Trinajstić information content (AvgIpc) is 2.37. The summed E-state index contributed by atoms with van der Waals surface area (Å²) in [6, 6.07) is 10.6. The van der Waals surface area contributed by atoms with E-state index < -0.39 is 0 Å². The van der Waals surface area contributed by atoms with Crippen molar-refractivity contribution in [3.63, 3.8) is 0 Å². The largest absolute Gasteiger partial charge is 0.328 e. The smallest absolute Gasteiger partial charge is 0.130 e. The average molecular weight is 255 g/mol. The summed E-state index contributed by atoms with van der Waals surface area (Å²) in [6.45, 7) is 6.13. The van der Waals surface area contributed by atoms with E-state index in [1.165, 1.54) is 5.56 Å². The molecule has 1 aromatic heterocycles. The van der Waals surface area contributed by atoms with Crippen LogP contribution in [-0.2, 0) is 12.8 Å². The Balaban J connectivity index is 2.34. The maximum absolute atomic E-state index is 5.82. The lowest BCUT2D eigenvalue weighted by Gasteiger charge is -2.08. The first-order chi connectivity index (χ1) is 9.08. The van der Waals surface area contributed by atoms with Crippen molar-refractivity contribution in [2.75, 3.05) is 0 Å². The lowest BCUT2D eigenvalue weighted by atomic mass is 10.1. The topological polar surface area (TPSA) is 51.8 Å². The van der Waals surface area contributed by atoms with Crippen molar-refractivity contribution in [3.8, 4) is 11.3 Å². The summed E-state index contributed by atoms with van der Waals surface area (Å²) in [5.74, 6) is 0.824. The molecule has 19 heavy (non-hydrogen) atoms. The minimum atomic E-state index is 0.0807. The minimum Gasteiger partial charge on any atom is -0.328 e. The van der Waals surface area contributed by atoms with Crippen molar-refractivity contribution < 1.29 is 0 Å². The van der Waals surface area contributed by atoms with Crippen LogP contribution in [0, 0.1) is 6.92 Å². The Bertz CT molecular complexity index is 544. The molecule has 1 unspecified atom stereocenters. The molecule has 0 aliphatic rings. The van der Waals surface area contributed by atoms with E-state index in [2.05, 4.69) is 41.2 Å². The van der Waals surface area contributed by atoms with E-state index in [9.17, 15) is 0 Å². The standard InChI is InChI=1S/C16H21N3/c1-4-13-5-7-14(8-6-13)15-10-12(3)18-16(19-15)9-11(2)17/h5-8,10-11H,4,9,17H2,1-3H3. The molecular weight excluding hydrogens is 234 g/mol. The van der Waals surface area contributed by atoms with Crippen molar-refractivity contribution in [1.29, 1.82) is 0 Å². The molecule has 0 saturated carbocycles. The quantitative estimate of drug-likeness (QED) is 0.914. The molecule has 0 bridgehead atoms. The Hall–Kier alpha value is -1.74. The van der Waals surface area contributed by atoms with Crippen molar-refractivity contribution in [2.45, 2.75) is 39.7 Å². The maximum Gasteiger partial charge on any atom is 0.130 e. The van der Waals surface area contributed by atoms with E-state index in [1.54, 1.807) is 0 Å². The predicted molar refractivity (Wildman–Crippen MR) is 78.9 cm³/mol. The monoisotopic (exact) mass is 255 g/mol. The Kier molecular flexibility index (Phi) is 4.27.